The number of allylic oxidation sites excluding steroid dienone is 2. The van der Waals surface area contributed by atoms with Crippen molar-refractivity contribution in [1.82, 2.24) is 5.32 Å². The smallest absolute Gasteiger partial charge is 0.254 e. The van der Waals surface area contributed by atoms with Crippen molar-refractivity contribution in [2.45, 2.75) is 19.3 Å². The topological polar surface area (TPSA) is 55.1 Å². The zero-order valence-corrected chi connectivity index (χ0v) is 10.9. The molecule has 0 saturated carbocycles. The molecule has 1 amide bonds. The van der Waals surface area contributed by atoms with Gasteiger partial charge in [-0.25, -0.2) is 0 Å². The third-order valence-corrected chi connectivity index (χ3v) is 3.52. The summed E-state index contributed by atoms with van der Waals surface area (Å²) in [5.41, 5.74) is 6.57. The molecule has 0 radical (unpaired) electrons. The maximum atomic E-state index is 12.0. The van der Waals surface area contributed by atoms with Crippen LogP contribution in [0.2, 0.25) is 5.02 Å². The number of hydrogen-bond acceptors (Lipinski definition) is 2. The molecule has 4 heteroatoms. The van der Waals surface area contributed by atoms with Gasteiger partial charge >= 0.3 is 0 Å². The molecule has 0 saturated heterocycles. The van der Waals surface area contributed by atoms with Crippen molar-refractivity contribution in [3.8, 4) is 0 Å². The van der Waals surface area contributed by atoms with Gasteiger partial charge in [-0.3, -0.25) is 4.79 Å². The van der Waals surface area contributed by atoms with E-state index in [1.54, 1.807) is 18.2 Å². The molecule has 1 aliphatic rings. The molecule has 3 N–H and O–H groups in total. The number of carbonyl (C=O) groups excluding carboxylic acids is 1. The summed E-state index contributed by atoms with van der Waals surface area (Å²) in [7, 11) is 0. The highest BCUT2D eigenvalue weighted by molar-refractivity contribution is 6.34. The lowest BCUT2D eigenvalue weighted by molar-refractivity contribution is 0.0947. The molecule has 0 aromatic heterocycles. The fourth-order valence-electron chi connectivity index (χ4n) is 2.15. The number of halogens is 1. The van der Waals surface area contributed by atoms with Crippen molar-refractivity contribution in [2.24, 2.45) is 5.92 Å². The number of benzene rings is 1. The lowest BCUT2D eigenvalue weighted by Gasteiger charge is -2.18. The van der Waals surface area contributed by atoms with Crippen LogP contribution < -0.4 is 11.1 Å². The highest BCUT2D eigenvalue weighted by atomic mass is 35.5. The summed E-state index contributed by atoms with van der Waals surface area (Å²) in [6, 6.07) is 5.10. The van der Waals surface area contributed by atoms with Crippen molar-refractivity contribution in [2.75, 3.05) is 12.3 Å². The summed E-state index contributed by atoms with van der Waals surface area (Å²) in [5.74, 6) is 0.329. The maximum Gasteiger partial charge on any atom is 0.254 e. The number of nitrogen functional groups attached to an aromatic ring is 1. The zero-order valence-electron chi connectivity index (χ0n) is 10.2. The van der Waals surface area contributed by atoms with Crippen LogP contribution in [0.3, 0.4) is 0 Å². The fourth-order valence-corrected chi connectivity index (χ4v) is 2.42. The minimum atomic E-state index is -0.187. The Morgan fingerprint density at radius 3 is 2.94 bits per heavy atom. The van der Waals surface area contributed by atoms with Gasteiger partial charge in [0.1, 0.15) is 0 Å². The highest BCUT2D eigenvalue weighted by Gasteiger charge is 2.16. The zero-order chi connectivity index (χ0) is 13.0. The first-order valence-corrected chi connectivity index (χ1v) is 6.53. The van der Waals surface area contributed by atoms with Crippen LogP contribution in [0, 0.1) is 5.92 Å². The average Bonchev–Trinajstić information content (AvgIpc) is 2.37. The molecule has 1 aromatic carbocycles. The monoisotopic (exact) mass is 264 g/mol. The van der Waals surface area contributed by atoms with Gasteiger partial charge in [0, 0.05) is 12.2 Å². The van der Waals surface area contributed by atoms with Crippen LogP contribution in [-0.2, 0) is 0 Å². The standard InChI is InChI=1S/C14H17ClN2O/c15-11-7-4-8-12(16)13(11)14(18)17-9-10-5-2-1-3-6-10/h1-2,4,7-8,10H,3,5-6,9,16H2,(H,17,18). The summed E-state index contributed by atoms with van der Waals surface area (Å²) in [6.07, 6.45) is 7.59. The Hall–Kier alpha value is -1.48. The van der Waals surface area contributed by atoms with Crippen LogP contribution in [0.15, 0.2) is 30.4 Å². The third kappa shape index (κ3) is 3.05. The van der Waals surface area contributed by atoms with E-state index in [2.05, 4.69) is 17.5 Å². The predicted molar refractivity (Wildman–Crippen MR) is 74.7 cm³/mol. The van der Waals surface area contributed by atoms with Gasteiger partial charge in [0.05, 0.1) is 10.6 Å². The van der Waals surface area contributed by atoms with E-state index in [9.17, 15) is 4.79 Å². The molecule has 0 spiro atoms. The quantitative estimate of drug-likeness (QED) is 0.651. The van der Waals surface area contributed by atoms with E-state index in [4.69, 9.17) is 17.3 Å². The van der Waals surface area contributed by atoms with Crippen LogP contribution in [0.5, 0.6) is 0 Å². The van der Waals surface area contributed by atoms with Gasteiger partial charge in [-0.15, -0.1) is 0 Å². The Kier molecular flexibility index (Phi) is 4.26. The Balaban J connectivity index is 1.97. The Morgan fingerprint density at radius 1 is 1.44 bits per heavy atom. The Morgan fingerprint density at radius 2 is 2.28 bits per heavy atom. The van der Waals surface area contributed by atoms with E-state index in [-0.39, 0.29) is 5.91 Å². The summed E-state index contributed by atoms with van der Waals surface area (Å²) >= 11 is 5.99. The number of anilines is 1. The van der Waals surface area contributed by atoms with Gasteiger partial charge in [0.2, 0.25) is 0 Å². The molecule has 2 rings (SSSR count). The van der Waals surface area contributed by atoms with Gasteiger partial charge in [0.25, 0.3) is 5.91 Å². The number of rotatable bonds is 3. The molecule has 1 atom stereocenters. The minimum absolute atomic E-state index is 0.187. The van der Waals surface area contributed by atoms with Crippen LogP contribution in [-0.4, -0.2) is 12.5 Å². The van der Waals surface area contributed by atoms with E-state index in [0.717, 1.165) is 19.3 Å². The maximum absolute atomic E-state index is 12.0. The van der Waals surface area contributed by atoms with E-state index in [1.165, 1.54) is 0 Å². The summed E-state index contributed by atoms with van der Waals surface area (Å²) in [4.78, 5) is 12.0. The molecule has 0 bridgehead atoms. The highest BCUT2D eigenvalue weighted by Crippen LogP contribution is 2.22. The van der Waals surface area contributed by atoms with Crippen molar-refractivity contribution < 1.29 is 4.79 Å². The minimum Gasteiger partial charge on any atom is -0.398 e. The van der Waals surface area contributed by atoms with Crippen molar-refractivity contribution >= 4 is 23.2 Å². The van der Waals surface area contributed by atoms with Gasteiger partial charge in [-0.05, 0) is 37.3 Å². The van der Waals surface area contributed by atoms with E-state index in [1.807, 2.05) is 0 Å². The first kappa shape index (κ1) is 13.0. The van der Waals surface area contributed by atoms with Crippen LogP contribution in [0.4, 0.5) is 5.69 Å². The van der Waals surface area contributed by atoms with Gasteiger partial charge < -0.3 is 11.1 Å². The van der Waals surface area contributed by atoms with Crippen molar-refractivity contribution in [1.29, 1.82) is 0 Å². The molecule has 1 unspecified atom stereocenters. The molecular formula is C14H17ClN2O. The summed E-state index contributed by atoms with van der Waals surface area (Å²) in [5, 5.41) is 3.31. The number of carbonyl (C=O) groups is 1. The lowest BCUT2D eigenvalue weighted by Crippen LogP contribution is -2.30. The molecule has 0 fully saturated rings. The van der Waals surface area contributed by atoms with E-state index < -0.39 is 0 Å². The molecule has 3 nitrogen and oxygen atoms in total. The van der Waals surface area contributed by atoms with Gasteiger partial charge in [0.15, 0.2) is 0 Å². The van der Waals surface area contributed by atoms with Crippen molar-refractivity contribution in [3.05, 3.63) is 40.9 Å². The van der Waals surface area contributed by atoms with Crippen LogP contribution in [0.25, 0.3) is 0 Å². The predicted octanol–water partition coefficient (Wildman–Crippen LogP) is 3.01. The van der Waals surface area contributed by atoms with Crippen LogP contribution in [0.1, 0.15) is 29.6 Å². The number of nitrogens with two attached hydrogens (primary N) is 1. The molecule has 1 aromatic rings. The SMILES string of the molecule is Nc1cccc(Cl)c1C(=O)NCC1CC=CCC1. The Labute approximate surface area is 112 Å². The third-order valence-electron chi connectivity index (χ3n) is 3.20. The second-order valence-corrected chi connectivity index (χ2v) is 4.97. The van der Waals surface area contributed by atoms with Gasteiger partial charge in [-0.2, -0.15) is 0 Å². The average molecular weight is 265 g/mol. The molecule has 96 valence electrons. The number of amides is 1. The van der Waals surface area contributed by atoms with Crippen molar-refractivity contribution in [3.63, 3.8) is 0 Å². The molecule has 1 aliphatic carbocycles. The number of nitrogens with one attached hydrogen (secondary N) is 1. The normalized spacial score (nSPS) is 18.6. The van der Waals surface area contributed by atoms with Crippen LogP contribution >= 0.6 is 11.6 Å². The number of hydrogen-bond donors (Lipinski definition) is 2. The lowest BCUT2D eigenvalue weighted by atomic mass is 9.94. The summed E-state index contributed by atoms with van der Waals surface area (Å²) in [6.45, 7) is 0.674. The molecule has 0 heterocycles. The summed E-state index contributed by atoms with van der Waals surface area (Å²) < 4.78 is 0. The Bertz CT molecular complexity index is 451. The van der Waals surface area contributed by atoms with E-state index >= 15 is 0 Å². The first-order valence-electron chi connectivity index (χ1n) is 6.15. The first-order chi connectivity index (χ1) is 8.68. The second kappa shape index (κ2) is 5.91. The molecule has 0 aliphatic heterocycles. The molecular weight excluding hydrogens is 248 g/mol. The molecule has 18 heavy (non-hydrogen) atoms. The van der Waals surface area contributed by atoms with E-state index in [0.29, 0.717) is 28.7 Å². The van der Waals surface area contributed by atoms with Gasteiger partial charge in [-0.1, -0.05) is 29.8 Å². The fraction of sp³-hybridized carbons (Fsp3) is 0.357. The largest absolute Gasteiger partial charge is 0.398 e. The second-order valence-electron chi connectivity index (χ2n) is 4.56.